The highest BCUT2D eigenvalue weighted by molar-refractivity contribution is 7.99. The first-order chi connectivity index (χ1) is 11.4. The summed E-state index contributed by atoms with van der Waals surface area (Å²) in [6.45, 7) is 0. The molecule has 0 unspecified atom stereocenters. The molecule has 0 fully saturated rings. The summed E-state index contributed by atoms with van der Waals surface area (Å²) in [7, 11) is 0. The lowest BCUT2D eigenvalue weighted by atomic mass is 10.3. The van der Waals surface area contributed by atoms with Gasteiger partial charge in [-0.3, -0.25) is 15.4 Å². The van der Waals surface area contributed by atoms with Gasteiger partial charge in [-0.2, -0.15) is 13.2 Å². The van der Waals surface area contributed by atoms with E-state index in [1.807, 2.05) is 6.07 Å². The monoisotopic (exact) mass is 348 g/mol. The molecule has 2 N–H and O–H groups in total. The molecule has 0 saturated carbocycles. The van der Waals surface area contributed by atoms with Crippen molar-refractivity contribution in [3.8, 4) is 0 Å². The van der Waals surface area contributed by atoms with Gasteiger partial charge in [-0.15, -0.1) is 0 Å². The third-order valence-electron chi connectivity index (χ3n) is 3.22. The largest absolute Gasteiger partial charge is 0.449 e. The quantitative estimate of drug-likeness (QED) is 0.542. The summed E-state index contributed by atoms with van der Waals surface area (Å²) in [5.74, 6) is -1.61. The second-order valence-electron chi connectivity index (χ2n) is 4.85. The number of aromatic nitrogens is 2. The maximum atomic E-state index is 13.0. The summed E-state index contributed by atoms with van der Waals surface area (Å²) in [5.41, 5.74) is -0.104. The molecule has 8 heteroatoms. The molecular formula is C16H11F3N4S. The van der Waals surface area contributed by atoms with E-state index in [4.69, 9.17) is 10.8 Å². The van der Waals surface area contributed by atoms with Gasteiger partial charge in [0.15, 0.2) is 5.49 Å². The van der Waals surface area contributed by atoms with Crippen molar-refractivity contribution in [1.29, 1.82) is 10.8 Å². The van der Waals surface area contributed by atoms with Crippen LogP contribution in [0.1, 0.15) is 0 Å². The van der Waals surface area contributed by atoms with E-state index in [0.29, 0.717) is 10.1 Å². The molecule has 0 saturated heterocycles. The molecule has 0 amide bonds. The summed E-state index contributed by atoms with van der Waals surface area (Å²) in [6.07, 6.45) is -4.86. The molecule has 0 aliphatic carbocycles. The minimum atomic E-state index is -4.86. The molecule has 122 valence electrons. The Bertz CT molecular complexity index is 964. The zero-order chi connectivity index (χ0) is 17.3. The highest BCUT2D eigenvalue weighted by Crippen LogP contribution is 2.26. The minimum Gasteiger partial charge on any atom is -0.282 e. The van der Waals surface area contributed by atoms with Gasteiger partial charge in [0, 0.05) is 4.90 Å². The van der Waals surface area contributed by atoms with Crippen molar-refractivity contribution < 1.29 is 13.2 Å². The Morgan fingerprint density at radius 3 is 2.29 bits per heavy atom. The lowest BCUT2D eigenvalue weighted by molar-refractivity contribution is -0.0624. The number of para-hydroxylation sites is 2. The van der Waals surface area contributed by atoms with Crippen LogP contribution in [0, 0.1) is 10.8 Å². The first kappa shape index (κ1) is 16.3. The number of hydrogen-bond acceptors (Lipinski definition) is 4. The van der Waals surface area contributed by atoms with Crippen molar-refractivity contribution in [2.75, 3.05) is 0 Å². The second kappa shape index (κ2) is 6.12. The average molecular weight is 348 g/mol. The van der Waals surface area contributed by atoms with Crippen LogP contribution in [-0.4, -0.2) is 21.6 Å². The molecule has 3 rings (SSSR count). The normalized spacial score (nSPS) is 11.6. The predicted octanol–water partition coefficient (Wildman–Crippen LogP) is 4.05. The number of nitrogens with one attached hydrogen (secondary N) is 2. The number of benzene rings is 2. The molecule has 1 heterocycles. The van der Waals surface area contributed by atoms with Crippen LogP contribution in [0.25, 0.3) is 11.0 Å². The molecule has 2 aromatic carbocycles. The fraction of sp³-hybridized carbons (Fsp3) is 0.0625. The van der Waals surface area contributed by atoms with Gasteiger partial charge in [-0.1, -0.05) is 42.1 Å². The average Bonchev–Trinajstić information content (AvgIpc) is 2.55. The van der Waals surface area contributed by atoms with Crippen molar-refractivity contribution in [3.63, 3.8) is 0 Å². The highest BCUT2D eigenvalue weighted by Gasteiger charge is 2.37. The lowest BCUT2D eigenvalue weighted by Crippen LogP contribution is -2.38. The van der Waals surface area contributed by atoms with Crippen LogP contribution in [0.15, 0.2) is 64.5 Å². The molecule has 3 aromatic rings. The Morgan fingerprint density at radius 2 is 1.62 bits per heavy atom. The summed E-state index contributed by atoms with van der Waals surface area (Å²) < 4.78 is 39.7. The standard InChI is InChI=1S/C16H11F3N4S/c17-16(18,19)15(21)23-12-9-5-4-8-11(12)22-14(13(23)20)24-10-6-2-1-3-7-10/h1-9,20-21H. The number of alkyl halides is 3. The smallest absolute Gasteiger partial charge is 0.282 e. The van der Waals surface area contributed by atoms with Gasteiger partial charge in [0.25, 0.3) is 0 Å². The zero-order valence-electron chi connectivity index (χ0n) is 12.1. The maximum absolute atomic E-state index is 13.0. The van der Waals surface area contributed by atoms with E-state index in [-0.39, 0.29) is 10.5 Å². The second-order valence-corrected chi connectivity index (χ2v) is 5.91. The van der Waals surface area contributed by atoms with E-state index in [1.165, 1.54) is 6.07 Å². The third kappa shape index (κ3) is 3.05. The van der Waals surface area contributed by atoms with Gasteiger partial charge in [-0.25, -0.2) is 4.98 Å². The number of fused-ring (bicyclic) bond motifs is 1. The summed E-state index contributed by atoms with van der Waals surface area (Å²) in [5, 5.41) is 15.7. The fourth-order valence-corrected chi connectivity index (χ4v) is 3.01. The van der Waals surface area contributed by atoms with E-state index in [9.17, 15) is 13.2 Å². The molecule has 0 spiro atoms. The first-order valence-electron chi connectivity index (χ1n) is 6.83. The van der Waals surface area contributed by atoms with Crippen LogP contribution in [0.4, 0.5) is 13.2 Å². The van der Waals surface area contributed by atoms with Gasteiger partial charge < -0.3 is 0 Å². The van der Waals surface area contributed by atoms with Gasteiger partial charge in [0.1, 0.15) is 5.03 Å². The van der Waals surface area contributed by atoms with Crippen molar-refractivity contribution in [3.05, 3.63) is 60.1 Å². The van der Waals surface area contributed by atoms with Gasteiger partial charge in [-0.05, 0) is 24.3 Å². The first-order valence-corrected chi connectivity index (χ1v) is 7.65. The molecule has 0 bridgehead atoms. The van der Waals surface area contributed by atoms with Gasteiger partial charge in [0.05, 0.1) is 11.0 Å². The van der Waals surface area contributed by atoms with Crippen molar-refractivity contribution in [2.24, 2.45) is 0 Å². The Morgan fingerprint density at radius 1 is 1.00 bits per heavy atom. The van der Waals surface area contributed by atoms with E-state index < -0.39 is 17.5 Å². The summed E-state index contributed by atoms with van der Waals surface area (Å²) in [4.78, 5) is 5.03. The number of nitrogens with zero attached hydrogens (tertiary/aromatic N) is 2. The van der Waals surface area contributed by atoms with E-state index in [0.717, 1.165) is 16.7 Å². The Kier molecular flexibility index (Phi) is 4.15. The maximum Gasteiger partial charge on any atom is 0.449 e. The molecule has 0 radical (unpaired) electrons. The Labute approximate surface area is 139 Å². The van der Waals surface area contributed by atoms with Crippen LogP contribution >= 0.6 is 11.8 Å². The van der Waals surface area contributed by atoms with Crippen molar-refractivity contribution in [2.45, 2.75) is 16.1 Å². The van der Waals surface area contributed by atoms with Crippen molar-refractivity contribution in [1.82, 2.24) is 9.55 Å². The number of halogens is 3. The zero-order valence-corrected chi connectivity index (χ0v) is 12.9. The molecule has 24 heavy (non-hydrogen) atoms. The van der Waals surface area contributed by atoms with Gasteiger partial charge in [0.2, 0.25) is 5.84 Å². The van der Waals surface area contributed by atoms with Crippen LogP contribution in [-0.2, 0) is 0 Å². The van der Waals surface area contributed by atoms with E-state index in [2.05, 4.69) is 4.98 Å². The predicted molar refractivity (Wildman–Crippen MR) is 85.3 cm³/mol. The molecule has 0 aliphatic heterocycles. The van der Waals surface area contributed by atoms with Crippen LogP contribution in [0.3, 0.4) is 0 Å². The number of hydrogen-bond donors (Lipinski definition) is 2. The molecule has 1 aromatic heterocycles. The van der Waals surface area contributed by atoms with Crippen molar-refractivity contribution >= 4 is 28.6 Å². The molecule has 0 aliphatic rings. The van der Waals surface area contributed by atoms with Gasteiger partial charge >= 0.3 is 6.18 Å². The molecule has 4 nitrogen and oxygen atoms in total. The van der Waals surface area contributed by atoms with E-state index >= 15 is 0 Å². The van der Waals surface area contributed by atoms with Crippen LogP contribution < -0.4 is 5.49 Å². The topological polar surface area (TPSA) is 65.5 Å². The molecular weight excluding hydrogens is 337 g/mol. The SMILES string of the molecule is N=C(n1c(=N)c(Sc2ccccc2)nc2ccccc21)C(F)(F)F. The summed E-state index contributed by atoms with van der Waals surface area (Å²) >= 11 is 1.09. The molecule has 0 atom stereocenters. The fourth-order valence-electron chi connectivity index (χ4n) is 2.16. The van der Waals surface area contributed by atoms with Crippen LogP contribution in [0.5, 0.6) is 0 Å². The van der Waals surface area contributed by atoms with Crippen LogP contribution in [0.2, 0.25) is 0 Å². The van der Waals surface area contributed by atoms with E-state index in [1.54, 1.807) is 42.5 Å². The number of rotatable bonds is 2. The third-order valence-corrected chi connectivity index (χ3v) is 4.21. The lowest BCUT2D eigenvalue weighted by Gasteiger charge is -2.16. The Hall–Kier alpha value is -2.61. The minimum absolute atomic E-state index is 0.0715. The Balaban J connectivity index is 2.24. The highest BCUT2D eigenvalue weighted by atomic mass is 32.2. The summed E-state index contributed by atoms with van der Waals surface area (Å²) in [6, 6.07) is 15.1.